The lowest BCUT2D eigenvalue weighted by Gasteiger charge is -2.08. The number of benzene rings is 1. The molecule has 0 bridgehead atoms. The molecular weight excluding hydrogens is 278 g/mol. The third-order valence-corrected chi connectivity index (χ3v) is 3.45. The topological polar surface area (TPSA) is 60.2 Å². The van der Waals surface area contributed by atoms with Crippen LogP contribution in [0.4, 0.5) is 0 Å². The molecule has 20 heavy (non-hydrogen) atoms. The Balaban J connectivity index is 1.56. The molecule has 1 saturated heterocycles. The summed E-state index contributed by atoms with van der Waals surface area (Å²) in [4.78, 5) is 0. The van der Waals surface area contributed by atoms with E-state index in [0.717, 1.165) is 31.6 Å². The molecule has 1 aliphatic rings. The van der Waals surface area contributed by atoms with Gasteiger partial charge in [0.1, 0.15) is 0 Å². The molecule has 0 aliphatic carbocycles. The van der Waals surface area contributed by atoms with Crippen molar-refractivity contribution in [3.05, 3.63) is 35.2 Å². The molecule has 0 spiro atoms. The highest BCUT2D eigenvalue weighted by molar-refractivity contribution is 6.30. The van der Waals surface area contributed by atoms with E-state index in [9.17, 15) is 0 Å². The van der Waals surface area contributed by atoms with Crippen molar-refractivity contribution >= 4 is 11.6 Å². The average molecular weight is 294 g/mol. The van der Waals surface area contributed by atoms with Crippen LogP contribution in [0.5, 0.6) is 0 Å². The van der Waals surface area contributed by atoms with Crippen molar-refractivity contribution in [2.45, 2.75) is 25.5 Å². The Morgan fingerprint density at radius 1 is 1.35 bits per heavy atom. The fraction of sp³-hybridized carbons (Fsp3) is 0.429. The Bertz CT molecular complexity index is 567. The lowest BCUT2D eigenvalue weighted by atomic mass is 10.2. The van der Waals surface area contributed by atoms with E-state index < -0.39 is 0 Å². The predicted molar refractivity (Wildman–Crippen MR) is 75.4 cm³/mol. The molecule has 1 atom stereocenters. The molecule has 0 radical (unpaired) electrons. The van der Waals surface area contributed by atoms with Gasteiger partial charge in [-0.15, -0.1) is 10.2 Å². The third kappa shape index (κ3) is 3.36. The van der Waals surface area contributed by atoms with Gasteiger partial charge in [-0.2, -0.15) is 0 Å². The molecule has 1 aliphatic heterocycles. The molecule has 3 rings (SSSR count). The van der Waals surface area contributed by atoms with Gasteiger partial charge in [-0.05, 0) is 31.0 Å². The molecule has 2 aromatic rings. The van der Waals surface area contributed by atoms with Gasteiger partial charge in [-0.25, -0.2) is 0 Å². The van der Waals surface area contributed by atoms with Crippen molar-refractivity contribution in [3.8, 4) is 11.5 Å². The number of halogens is 1. The van der Waals surface area contributed by atoms with Crippen molar-refractivity contribution in [3.63, 3.8) is 0 Å². The van der Waals surface area contributed by atoms with Crippen molar-refractivity contribution in [2.24, 2.45) is 0 Å². The molecule has 1 fully saturated rings. The van der Waals surface area contributed by atoms with E-state index in [1.807, 2.05) is 18.2 Å². The Kier molecular flexibility index (Phi) is 4.30. The lowest BCUT2D eigenvalue weighted by molar-refractivity contribution is 0.109. The summed E-state index contributed by atoms with van der Waals surface area (Å²) in [5.74, 6) is 1.05. The Morgan fingerprint density at radius 3 is 3.10 bits per heavy atom. The van der Waals surface area contributed by atoms with Gasteiger partial charge in [-0.3, -0.25) is 0 Å². The van der Waals surface area contributed by atoms with Gasteiger partial charge < -0.3 is 14.5 Å². The molecule has 106 valence electrons. The van der Waals surface area contributed by atoms with Crippen molar-refractivity contribution in [1.82, 2.24) is 15.5 Å². The maximum atomic E-state index is 5.94. The zero-order valence-corrected chi connectivity index (χ0v) is 11.8. The van der Waals surface area contributed by atoms with Crippen LogP contribution in [0.15, 0.2) is 28.7 Å². The standard InChI is InChI=1S/C14H16ClN3O2/c15-11-4-1-3-10(7-11)14-18-17-13(20-14)9-16-8-12-5-2-6-19-12/h1,3-4,7,12,16H,2,5-6,8-9H2. The summed E-state index contributed by atoms with van der Waals surface area (Å²) in [6.45, 7) is 2.23. The van der Waals surface area contributed by atoms with Crippen LogP contribution < -0.4 is 5.32 Å². The van der Waals surface area contributed by atoms with E-state index >= 15 is 0 Å². The van der Waals surface area contributed by atoms with Crippen molar-refractivity contribution < 1.29 is 9.15 Å². The molecule has 1 unspecified atom stereocenters. The van der Waals surface area contributed by atoms with Crippen LogP contribution in [-0.2, 0) is 11.3 Å². The number of nitrogens with zero attached hydrogens (tertiary/aromatic N) is 2. The molecule has 2 heterocycles. The molecule has 6 heteroatoms. The van der Waals surface area contributed by atoms with Gasteiger partial charge in [0.05, 0.1) is 12.6 Å². The summed E-state index contributed by atoms with van der Waals surface area (Å²) in [6.07, 6.45) is 2.57. The van der Waals surface area contributed by atoms with E-state index in [1.54, 1.807) is 6.07 Å². The predicted octanol–water partition coefficient (Wildman–Crippen LogP) is 2.66. The van der Waals surface area contributed by atoms with E-state index in [0.29, 0.717) is 29.5 Å². The number of nitrogens with one attached hydrogen (secondary N) is 1. The van der Waals surface area contributed by atoms with Crippen LogP contribution in [0.25, 0.3) is 11.5 Å². The van der Waals surface area contributed by atoms with Gasteiger partial charge in [0.2, 0.25) is 11.8 Å². The van der Waals surface area contributed by atoms with Crippen LogP contribution in [0.1, 0.15) is 18.7 Å². The molecule has 0 amide bonds. The number of hydrogen-bond donors (Lipinski definition) is 1. The van der Waals surface area contributed by atoms with Gasteiger partial charge in [0, 0.05) is 23.7 Å². The van der Waals surface area contributed by atoms with Crippen LogP contribution in [-0.4, -0.2) is 29.5 Å². The highest BCUT2D eigenvalue weighted by Crippen LogP contribution is 2.21. The first-order chi connectivity index (χ1) is 9.81. The van der Waals surface area contributed by atoms with Crippen LogP contribution >= 0.6 is 11.6 Å². The molecule has 1 aromatic heterocycles. The summed E-state index contributed by atoms with van der Waals surface area (Å²) >= 11 is 5.94. The highest BCUT2D eigenvalue weighted by atomic mass is 35.5. The quantitative estimate of drug-likeness (QED) is 0.918. The second-order valence-electron chi connectivity index (χ2n) is 4.78. The van der Waals surface area contributed by atoms with Gasteiger partial charge in [-0.1, -0.05) is 17.7 Å². The monoisotopic (exact) mass is 293 g/mol. The summed E-state index contributed by atoms with van der Waals surface area (Å²) in [5, 5.41) is 12.0. The second-order valence-corrected chi connectivity index (χ2v) is 5.21. The van der Waals surface area contributed by atoms with Crippen LogP contribution in [0.3, 0.4) is 0 Å². The Labute approximate surface area is 122 Å². The first-order valence-corrected chi connectivity index (χ1v) is 7.10. The summed E-state index contributed by atoms with van der Waals surface area (Å²) < 4.78 is 11.1. The second kappa shape index (κ2) is 6.35. The fourth-order valence-corrected chi connectivity index (χ4v) is 2.40. The molecule has 1 aromatic carbocycles. The maximum Gasteiger partial charge on any atom is 0.247 e. The van der Waals surface area contributed by atoms with E-state index in [2.05, 4.69) is 15.5 Å². The minimum absolute atomic E-state index is 0.310. The number of ether oxygens (including phenoxy) is 1. The molecular formula is C14H16ClN3O2. The largest absolute Gasteiger partial charge is 0.419 e. The minimum atomic E-state index is 0.310. The van der Waals surface area contributed by atoms with Gasteiger partial charge in [0.25, 0.3) is 0 Å². The summed E-state index contributed by atoms with van der Waals surface area (Å²) in [7, 11) is 0. The lowest BCUT2D eigenvalue weighted by Crippen LogP contribution is -2.25. The van der Waals surface area contributed by atoms with Crippen LogP contribution in [0.2, 0.25) is 5.02 Å². The van der Waals surface area contributed by atoms with Gasteiger partial charge >= 0.3 is 0 Å². The van der Waals surface area contributed by atoms with E-state index in [-0.39, 0.29) is 0 Å². The normalized spacial score (nSPS) is 18.6. The van der Waals surface area contributed by atoms with E-state index in [1.165, 1.54) is 0 Å². The van der Waals surface area contributed by atoms with Crippen molar-refractivity contribution in [1.29, 1.82) is 0 Å². The molecule has 1 N–H and O–H groups in total. The number of hydrogen-bond acceptors (Lipinski definition) is 5. The number of rotatable bonds is 5. The Hall–Kier alpha value is -1.43. The SMILES string of the molecule is Clc1cccc(-c2nnc(CNCC3CCCO3)o2)c1. The third-order valence-electron chi connectivity index (χ3n) is 3.21. The smallest absolute Gasteiger partial charge is 0.247 e. The van der Waals surface area contributed by atoms with Crippen LogP contribution in [0, 0.1) is 0 Å². The summed E-state index contributed by atoms with van der Waals surface area (Å²) in [5.41, 5.74) is 0.829. The Morgan fingerprint density at radius 2 is 2.30 bits per heavy atom. The first-order valence-electron chi connectivity index (χ1n) is 6.72. The zero-order valence-electron chi connectivity index (χ0n) is 11.0. The van der Waals surface area contributed by atoms with Gasteiger partial charge in [0.15, 0.2) is 0 Å². The summed E-state index contributed by atoms with van der Waals surface area (Å²) in [6, 6.07) is 7.37. The fourth-order valence-electron chi connectivity index (χ4n) is 2.21. The maximum absolute atomic E-state index is 5.94. The first kappa shape index (κ1) is 13.5. The molecule has 0 saturated carbocycles. The minimum Gasteiger partial charge on any atom is -0.419 e. The van der Waals surface area contributed by atoms with Crippen molar-refractivity contribution in [2.75, 3.05) is 13.2 Å². The highest BCUT2D eigenvalue weighted by Gasteiger charge is 2.15. The average Bonchev–Trinajstić information content (AvgIpc) is 3.10. The number of aromatic nitrogens is 2. The zero-order chi connectivity index (χ0) is 13.8. The van der Waals surface area contributed by atoms with E-state index in [4.69, 9.17) is 20.8 Å². The molecule has 5 nitrogen and oxygen atoms in total.